The molecule has 6 nitrogen and oxygen atoms in total. The number of rotatable bonds is 3. The van der Waals surface area contributed by atoms with E-state index in [0.29, 0.717) is 12.4 Å². The Labute approximate surface area is 140 Å². The van der Waals surface area contributed by atoms with Crippen LogP contribution in [0.25, 0.3) is 10.9 Å². The molecule has 0 spiro atoms. The van der Waals surface area contributed by atoms with E-state index in [1.165, 1.54) is 5.56 Å². The lowest BCUT2D eigenvalue weighted by Gasteiger charge is -2.32. The third kappa shape index (κ3) is 3.06. The second-order valence-corrected chi connectivity index (χ2v) is 5.95. The van der Waals surface area contributed by atoms with E-state index in [1.54, 1.807) is 12.4 Å². The van der Waals surface area contributed by atoms with Gasteiger partial charge >= 0.3 is 0 Å². The number of nitrogens with two attached hydrogens (primary N) is 1. The van der Waals surface area contributed by atoms with Crippen molar-refractivity contribution in [2.24, 2.45) is 0 Å². The van der Waals surface area contributed by atoms with Crippen LogP contribution in [0.1, 0.15) is 17.4 Å². The molecule has 4 rings (SSSR count). The van der Waals surface area contributed by atoms with Crippen LogP contribution in [0.2, 0.25) is 0 Å². The SMILES string of the molecule is Nc1nccnc1C1CN(Cc2ccc3ncccc3c2)CCO1. The van der Waals surface area contributed by atoms with Gasteiger partial charge in [-0.05, 0) is 23.8 Å². The molecule has 1 aromatic carbocycles. The van der Waals surface area contributed by atoms with E-state index in [4.69, 9.17) is 10.5 Å². The molecule has 24 heavy (non-hydrogen) atoms. The molecule has 1 saturated heterocycles. The molecule has 0 aliphatic carbocycles. The number of nitrogen functional groups attached to an aromatic ring is 1. The summed E-state index contributed by atoms with van der Waals surface area (Å²) in [6.45, 7) is 3.18. The van der Waals surface area contributed by atoms with Crippen molar-refractivity contribution in [2.45, 2.75) is 12.6 Å². The Morgan fingerprint density at radius 1 is 1.12 bits per heavy atom. The number of morpholine rings is 1. The number of nitrogens with zero attached hydrogens (tertiary/aromatic N) is 4. The number of aromatic nitrogens is 3. The Morgan fingerprint density at radius 2 is 2.04 bits per heavy atom. The monoisotopic (exact) mass is 321 g/mol. The Hall–Kier alpha value is -2.57. The van der Waals surface area contributed by atoms with E-state index >= 15 is 0 Å². The van der Waals surface area contributed by atoms with Crippen molar-refractivity contribution >= 4 is 16.7 Å². The van der Waals surface area contributed by atoms with Crippen molar-refractivity contribution in [3.63, 3.8) is 0 Å². The maximum absolute atomic E-state index is 5.93. The van der Waals surface area contributed by atoms with E-state index in [-0.39, 0.29) is 6.10 Å². The lowest BCUT2D eigenvalue weighted by atomic mass is 10.1. The molecule has 1 unspecified atom stereocenters. The zero-order valence-corrected chi connectivity index (χ0v) is 13.3. The van der Waals surface area contributed by atoms with Crippen molar-refractivity contribution in [2.75, 3.05) is 25.4 Å². The predicted molar refractivity (Wildman–Crippen MR) is 92.2 cm³/mol. The van der Waals surface area contributed by atoms with E-state index in [9.17, 15) is 0 Å². The summed E-state index contributed by atoms with van der Waals surface area (Å²) in [6.07, 6.45) is 4.95. The third-order valence-electron chi connectivity index (χ3n) is 4.29. The number of pyridine rings is 1. The number of benzene rings is 1. The molecule has 122 valence electrons. The highest BCUT2D eigenvalue weighted by Crippen LogP contribution is 2.25. The lowest BCUT2D eigenvalue weighted by Crippen LogP contribution is -2.38. The van der Waals surface area contributed by atoms with Gasteiger partial charge in [-0.25, -0.2) is 4.98 Å². The molecule has 1 aliphatic heterocycles. The molecule has 0 radical (unpaired) electrons. The Morgan fingerprint density at radius 3 is 2.96 bits per heavy atom. The van der Waals surface area contributed by atoms with Gasteiger partial charge in [0.15, 0.2) is 0 Å². The minimum absolute atomic E-state index is 0.130. The maximum atomic E-state index is 5.93. The molecular formula is C18H19N5O. The summed E-state index contributed by atoms with van der Waals surface area (Å²) in [5.74, 6) is 0.445. The van der Waals surface area contributed by atoms with Gasteiger partial charge in [-0.2, -0.15) is 0 Å². The topological polar surface area (TPSA) is 77.2 Å². The van der Waals surface area contributed by atoms with Crippen LogP contribution in [0.15, 0.2) is 48.9 Å². The third-order valence-corrected chi connectivity index (χ3v) is 4.29. The van der Waals surface area contributed by atoms with Crippen molar-refractivity contribution in [1.82, 2.24) is 19.9 Å². The van der Waals surface area contributed by atoms with E-state index < -0.39 is 0 Å². The molecule has 6 heteroatoms. The van der Waals surface area contributed by atoms with Crippen LogP contribution >= 0.6 is 0 Å². The Bertz CT molecular complexity index is 853. The van der Waals surface area contributed by atoms with E-state index in [2.05, 4.69) is 44.1 Å². The van der Waals surface area contributed by atoms with Gasteiger partial charge in [-0.3, -0.25) is 14.9 Å². The molecule has 1 fully saturated rings. The molecule has 1 aliphatic rings. The fourth-order valence-electron chi connectivity index (χ4n) is 3.10. The summed E-state index contributed by atoms with van der Waals surface area (Å²) in [6, 6.07) is 10.5. The number of hydrogen-bond donors (Lipinski definition) is 1. The summed E-state index contributed by atoms with van der Waals surface area (Å²) < 4.78 is 5.85. The number of hydrogen-bond acceptors (Lipinski definition) is 6. The van der Waals surface area contributed by atoms with Gasteiger partial charge in [-0.15, -0.1) is 0 Å². The summed E-state index contributed by atoms with van der Waals surface area (Å²) >= 11 is 0. The van der Waals surface area contributed by atoms with Gasteiger partial charge in [0.25, 0.3) is 0 Å². The average Bonchev–Trinajstić information content (AvgIpc) is 2.62. The highest BCUT2D eigenvalue weighted by atomic mass is 16.5. The standard InChI is InChI=1S/C18H19N5O/c19-18-17(21-6-7-22-18)16-12-23(8-9-24-16)11-13-3-4-15-14(10-13)2-1-5-20-15/h1-7,10,16H,8-9,11-12H2,(H2,19,22). The van der Waals surface area contributed by atoms with Crippen molar-refractivity contribution in [1.29, 1.82) is 0 Å². The summed E-state index contributed by atoms with van der Waals surface area (Å²) in [5.41, 5.74) is 8.95. The van der Waals surface area contributed by atoms with Crippen LogP contribution in [0.4, 0.5) is 5.82 Å². The first-order chi connectivity index (χ1) is 11.8. The highest BCUT2D eigenvalue weighted by molar-refractivity contribution is 5.78. The minimum Gasteiger partial charge on any atom is -0.382 e. The van der Waals surface area contributed by atoms with Crippen molar-refractivity contribution in [3.05, 3.63) is 60.2 Å². The summed E-state index contributed by atoms with van der Waals surface area (Å²) in [4.78, 5) is 15.2. The quantitative estimate of drug-likeness (QED) is 0.797. The summed E-state index contributed by atoms with van der Waals surface area (Å²) in [7, 11) is 0. The molecule has 2 aromatic heterocycles. The van der Waals surface area contributed by atoms with Gasteiger partial charge in [0.1, 0.15) is 17.6 Å². The molecular weight excluding hydrogens is 302 g/mol. The molecule has 0 amide bonds. The maximum Gasteiger partial charge on any atom is 0.147 e. The molecule has 3 aromatic rings. The molecule has 0 bridgehead atoms. The van der Waals surface area contributed by atoms with Gasteiger partial charge < -0.3 is 10.5 Å². The van der Waals surface area contributed by atoms with Gasteiger partial charge in [-0.1, -0.05) is 12.1 Å². The second-order valence-electron chi connectivity index (χ2n) is 5.95. The normalized spacial score (nSPS) is 18.8. The van der Waals surface area contributed by atoms with E-state index in [1.807, 2.05) is 12.3 Å². The molecule has 0 saturated carbocycles. The molecule has 3 heterocycles. The smallest absolute Gasteiger partial charge is 0.147 e. The first-order valence-electron chi connectivity index (χ1n) is 8.03. The fraction of sp³-hybridized carbons (Fsp3) is 0.278. The Balaban J connectivity index is 1.50. The zero-order valence-electron chi connectivity index (χ0n) is 13.3. The average molecular weight is 321 g/mol. The van der Waals surface area contributed by atoms with Gasteiger partial charge in [0.2, 0.25) is 0 Å². The van der Waals surface area contributed by atoms with Crippen molar-refractivity contribution in [3.8, 4) is 0 Å². The number of fused-ring (bicyclic) bond motifs is 1. The number of anilines is 1. The van der Waals surface area contributed by atoms with Crippen LogP contribution in [-0.4, -0.2) is 39.5 Å². The van der Waals surface area contributed by atoms with Crippen molar-refractivity contribution < 1.29 is 4.74 Å². The first kappa shape index (κ1) is 15.0. The zero-order chi connectivity index (χ0) is 16.4. The lowest BCUT2D eigenvalue weighted by molar-refractivity contribution is -0.0347. The Kier molecular flexibility index (Phi) is 4.06. The molecule has 1 atom stereocenters. The number of ether oxygens (including phenoxy) is 1. The van der Waals surface area contributed by atoms with Crippen LogP contribution in [-0.2, 0) is 11.3 Å². The first-order valence-corrected chi connectivity index (χ1v) is 8.03. The van der Waals surface area contributed by atoms with Crippen LogP contribution < -0.4 is 5.73 Å². The minimum atomic E-state index is -0.130. The second kappa shape index (κ2) is 6.51. The van der Waals surface area contributed by atoms with Gasteiger partial charge in [0.05, 0.1) is 12.1 Å². The predicted octanol–water partition coefficient (Wildman–Crippen LogP) is 2.18. The van der Waals surface area contributed by atoms with Crippen LogP contribution in [0, 0.1) is 0 Å². The van der Waals surface area contributed by atoms with E-state index in [0.717, 1.165) is 36.2 Å². The van der Waals surface area contributed by atoms with Crippen LogP contribution in [0.5, 0.6) is 0 Å². The summed E-state index contributed by atoms with van der Waals surface area (Å²) in [5, 5.41) is 1.16. The molecule has 2 N–H and O–H groups in total. The van der Waals surface area contributed by atoms with Gasteiger partial charge in [0, 0.05) is 43.6 Å². The highest BCUT2D eigenvalue weighted by Gasteiger charge is 2.25. The fourth-order valence-corrected chi connectivity index (χ4v) is 3.10. The van der Waals surface area contributed by atoms with Crippen LogP contribution in [0.3, 0.4) is 0 Å². The largest absolute Gasteiger partial charge is 0.382 e.